The third-order valence-corrected chi connectivity index (χ3v) is 0.765. The lowest BCUT2D eigenvalue weighted by molar-refractivity contribution is -0.121. The van der Waals surface area contributed by atoms with Crippen molar-refractivity contribution < 1.29 is 19.1 Å². The second kappa shape index (κ2) is 8.55. The van der Waals surface area contributed by atoms with Crippen LogP contribution in [0.4, 0.5) is 0 Å². The van der Waals surface area contributed by atoms with E-state index in [2.05, 4.69) is 5.32 Å². The van der Waals surface area contributed by atoms with Gasteiger partial charge < -0.3 is 11.1 Å². The monoisotopic (exact) mass is 197 g/mol. The number of carbonyl (C=O) groups excluding carboxylic acids is 1. The summed E-state index contributed by atoms with van der Waals surface area (Å²) in [5, 5.41) is 2.58. The first kappa shape index (κ1) is 14.0. The second-order valence-electron chi connectivity index (χ2n) is 1.94. The van der Waals surface area contributed by atoms with E-state index in [1.165, 1.54) is 0 Å². The van der Waals surface area contributed by atoms with E-state index in [9.17, 15) is 4.79 Å². The highest BCUT2D eigenvalue weighted by Crippen LogP contribution is 1.98. The Morgan fingerprint density at radius 3 is 2.08 bits per heavy atom. The van der Waals surface area contributed by atoms with Gasteiger partial charge in [-0.2, -0.15) is 0 Å². The molecule has 0 fully saturated rings. The first-order valence-corrected chi connectivity index (χ1v) is 4.46. The van der Waals surface area contributed by atoms with Crippen molar-refractivity contribution in [2.75, 3.05) is 6.54 Å². The van der Waals surface area contributed by atoms with Crippen LogP contribution in [0.3, 0.4) is 0 Å². The number of hydrogen-bond donors (Lipinski definition) is 4. The fraction of sp³-hybridized carbons (Fsp3) is 0.800. The molecule has 7 heteroatoms. The number of rotatable bonds is 2. The summed E-state index contributed by atoms with van der Waals surface area (Å²) in [5.74, 6) is -0.0903. The highest BCUT2D eigenvalue weighted by atomic mass is 31.1. The normalized spacial score (nSPS) is 10.8. The molecule has 0 saturated carbocycles. The Hall–Kier alpha value is -0.550. The van der Waals surface area contributed by atoms with Crippen molar-refractivity contribution in [3.8, 4) is 0 Å². The van der Waals surface area contributed by atoms with Crippen LogP contribution in [0.15, 0.2) is 0 Å². The molecule has 0 unspecified atom stereocenters. The van der Waals surface area contributed by atoms with Gasteiger partial charge in [0.05, 0.1) is 6.04 Å². The van der Waals surface area contributed by atoms with Crippen LogP contribution in [0.5, 0.6) is 0 Å². The zero-order chi connectivity index (χ0) is 10.1. The Morgan fingerprint density at radius 2 is 2.00 bits per heavy atom. The van der Waals surface area contributed by atoms with E-state index >= 15 is 0 Å². The summed E-state index contributed by atoms with van der Waals surface area (Å²) in [5.41, 5.74) is 5.21. The molecule has 0 saturated heterocycles. The number of nitrogens with one attached hydrogen (secondary N) is 1. The molecule has 0 heterocycles. The summed E-state index contributed by atoms with van der Waals surface area (Å²) >= 11 is 0. The second-order valence-corrected chi connectivity index (χ2v) is 2.44. The quantitative estimate of drug-likeness (QED) is 0.428. The van der Waals surface area contributed by atoms with Gasteiger partial charge in [0.25, 0.3) is 0 Å². The minimum atomic E-state index is -2.87. The van der Waals surface area contributed by atoms with Crippen molar-refractivity contribution >= 4 is 14.2 Å². The predicted molar refractivity (Wildman–Crippen MR) is 44.4 cm³/mol. The van der Waals surface area contributed by atoms with Crippen LogP contribution in [0.1, 0.15) is 13.8 Å². The van der Waals surface area contributed by atoms with Gasteiger partial charge in [0.2, 0.25) is 5.91 Å². The standard InChI is InChI=1S/C5H12N2O.HO3P/c1-3-7-5(8)4(2)6;1-4(2)3/h4H,3,6H2,1-2H3,(H,7,8);(H-,1,2,3)/p+1/t4-;/m0./s1. The molecule has 0 aliphatic rings. The van der Waals surface area contributed by atoms with Crippen molar-refractivity contribution in [3.63, 3.8) is 0 Å². The molecule has 1 amide bonds. The van der Waals surface area contributed by atoms with Gasteiger partial charge in [0.1, 0.15) is 0 Å². The maximum atomic E-state index is 10.5. The van der Waals surface area contributed by atoms with E-state index in [-0.39, 0.29) is 11.9 Å². The van der Waals surface area contributed by atoms with Crippen molar-refractivity contribution in [1.82, 2.24) is 5.32 Å². The van der Waals surface area contributed by atoms with Gasteiger partial charge in [-0.05, 0) is 13.8 Å². The minimum absolute atomic E-state index is 0.0903. The third-order valence-electron chi connectivity index (χ3n) is 0.765. The van der Waals surface area contributed by atoms with Gasteiger partial charge >= 0.3 is 8.25 Å². The lowest BCUT2D eigenvalue weighted by Crippen LogP contribution is -2.37. The van der Waals surface area contributed by atoms with E-state index in [1.807, 2.05) is 6.92 Å². The fourth-order valence-corrected chi connectivity index (χ4v) is 0.335. The smallest absolute Gasteiger partial charge is 0.355 e. The van der Waals surface area contributed by atoms with Gasteiger partial charge in [-0.1, -0.05) is 0 Å². The maximum absolute atomic E-state index is 10.5. The topological polar surface area (TPSA) is 113 Å². The Kier molecular flexibility index (Phi) is 9.97. The average Bonchev–Trinajstić information content (AvgIpc) is 1.86. The van der Waals surface area contributed by atoms with Gasteiger partial charge in [0, 0.05) is 11.1 Å². The van der Waals surface area contributed by atoms with E-state index in [1.54, 1.807) is 6.92 Å². The average molecular weight is 197 g/mol. The number of nitrogens with two attached hydrogens (primary N) is 1. The zero-order valence-electron chi connectivity index (χ0n) is 7.02. The van der Waals surface area contributed by atoms with E-state index in [0.29, 0.717) is 6.54 Å². The molecule has 0 aromatic heterocycles. The molecule has 0 aromatic carbocycles. The SMILES string of the molecule is CCNC(=O)[C@H](C)N.O=[P+](O)O. The fourth-order valence-electron chi connectivity index (χ4n) is 0.335. The highest BCUT2D eigenvalue weighted by molar-refractivity contribution is 7.30. The Bertz CT molecular complexity index is 146. The van der Waals surface area contributed by atoms with Crippen LogP contribution >= 0.6 is 8.25 Å². The first-order chi connectivity index (χ1) is 5.41. The molecule has 0 bridgehead atoms. The zero-order valence-corrected chi connectivity index (χ0v) is 7.91. The van der Waals surface area contributed by atoms with Crippen LogP contribution in [-0.2, 0) is 9.36 Å². The summed E-state index contributed by atoms with van der Waals surface area (Å²) in [6, 6.07) is -0.380. The van der Waals surface area contributed by atoms with Crippen LogP contribution in [-0.4, -0.2) is 28.3 Å². The van der Waals surface area contributed by atoms with Crippen LogP contribution in [0.25, 0.3) is 0 Å². The Balaban J connectivity index is 0. The Morgan fingerprint density at radius 1 is 1.67 bits per heavy atom. The third kappa shape index (κ3) is 16.2. The van der Waals surface area contributed by atoms with E-state index in [0.717, 1.165) is 0 Å². The molecule has 5 N–H and O–H groups in total. The van der Waals surface area contributed by atoms with E-state index in [4.69, 9.17) is 20.1 Å². The summed E-state index contributed by atoms with van der Waals surface area (Å²) in [7, 11) is -2.87. The highest BCUT2D eigenvalue weighted by Gasteiger charge is 2.02. The van der Waals surface area contributed by atoms with Crippen molar-refractivity contribution in [3.05, 3.63) is 0 Å². The molecular formula is C5H14N2O4P+. The van der Waals surface area contributed by atoms with Gasteiger partial charge in [-0.3, -0.25) is 4.79 Å². The molecule has 0 radical (unpaired) electrons. The molecular weight excluding hydrogens is 183 g/mol. The number of likely N-dealkylation sites (N-methyl/N-ethyl adjacent to an activating group) is 1. The number of carbonyl (C=O) groups is 1. The lowest BCUT2D eigenvalue weighted by Gasteiger charge is -2.02. The predicted octanol–water partition coefficient (Wildman–Crippen LogP) is -0.902. The lowest BCUT2D eigenvalue weighted by atomic mass is 10.3. The molecule has 0 rings (SSSR count). The van der Waals surface area contributed by atoms with Gasteiger partial charge in [-0.25, -0.2) is 0 Å². The Labute approximate surface area is 71.7 Å². The van der Waals surface area contributed by atoms with Crippen molar-refractivity contribution in [2.24, 2.45) is 5.73 Å². The molecule has 6 nitrogen and oxygen atoms in total. The summed E-state index contributed by atoms with van der Waals surface area (Å²) in [6.07, 6.45) is 0. The molecule has 0 aromatic rings. The summed E-state index contributed by atoms with van der Waals surface area (Å²) in [6.45, 7) is 4.17. The molecule has 12 heavy (non-hydrogen) atoms. The largest absolute Gasteiger partial charge is 0.692 e. The van der Waals surface area contributed by atoms with Crippen molar-refractivity contribution in [2.45, 2.75) is 19.9 Å². The molecule has 0 spiro atoms. The van der Waals surface area contributed by atoms with E-state index < -0.39 is 8.25 Å². The van der Waals surface area contributed by atoms with Crippen LogP contribution in [0.2, 0.25) is 0 Å². The molecule has 1 atom stereocenters. The molecule has 72 valence electrons. The van der Waals surface area contributed by atoms with Gasteiger partial charge in [-0.15, -0.1) is 9.79 Å². The molecule has 0 aliphatic heterocycles. The van der Waals surface area contributed by atoms with Crippen LogP contribution in [0, 0.1) is 0 Å². The summed E-state index contributed by atoms with van der Waals surface area (Å²) in [4.78, 5) is 24.7. The number of hydrogen-bond acceptors (Lipinski definition) is 3. The minimum Gasteiger partial charge on any atom is -0.355 e. The molecule has 0 aliphatic carbocycles. The maximum Gasteiger partial charge on any atom is 0.692 e. The van der Waals surface area contributed by atoms with Gasteiger partial charge in [0.15, 0.2) is 0 Å². The van der Waals surface area contributed by atoms with Crippen molar-refractivity contribution in [1.29, 1.82) is 0 Å². The first-order valence-electron chi connectivity index (χ1n) is 3.30. The summed E-state index contributed by atoms with van der Waals surface area (Å²) < 4.78 is 8.70. The van der Waals surface area contributed by atoms with Crippen LogP contribution < -0.4 is 11.1 Å². The number of amides is 1.